The predicted octanol–water partition coefficient (Wildman–Crippen LogP) is 18.7. The summed E-state index contributed by atoms with van der Waals surface area (Å²) in [6.07, 6.45) is 14.3. The van der Waals surface area contributed by atoms with Gasteiger partial charge in [-0.25, -0.2) is 0 Å². The van der Waals surface area contributed by atoms with Crippen molar-refractivity contribution in [3.8, 4) is 66.8 Å². The Hall–Kier alpha value is -6.78. The van der Waals surface area contributed by atoms with Gasteiger partial charge in [0.2, 0.25) is 0 Å². The molecule has 0 atom stereocenters. The van der Waals surface area contributed by atoms with Crippen molar-refractivity contribution in [2.45, 2.75) is 130 Å². The largest absolute Gasteiger partial charge is 0.294 e. The van der Waals surface area contributed by atoms with Crippen LogP contribution >= 0.6 is 0 Å². The summed E-state index contributed by atoms with van der Waals surface area (Å²) in [5.41, 5.74) is 15.4. The second-order valence-corrected chi connectivity index (χ2v) is 18.9. The van der Waals surface area contributed by atoms with Crippen LogP contribution in [-0.4, -0.2) is 23.1 Å². The molecule has 0 saturated heterocycles. The molecule has 7 aromatic rings. The van der Waals surface area contributed by atoms with Crippen molar-refractivity contribution in [2.24, 2.45) is 0 Å². The molecule has 0 N–H and O–H groups in total. The number of ketones is 4. The van der Waals surface area contributed by atoms with E-state index in [0.29, 0.717) is 25.7 Å². The van der Waals surface area contributed by atoms with Crippen LogP contribution in [-0.2, 0) is 0 Å². The fourth-order valence-electron chi connectivity index (χ4n) is 9.55. The molecule has 0 aliphatic rings. The van der Waals surface area contributed by atoms with Crippen LogP contribution in [0.15, 0.2) is 158 Å². The van der Waals surface area contributed by atoms with Gasteiger partial charge < -0.3 is 0 Å². The minimum atomic E-state index is 0.173. The van der Waals surface area contributed by atoms with Gasteiger partial charge in [-0.2, -0.15) is 0 Å². The second-order valence-electron chi connectivity index (χ2n) is 18.9. The van der Waals surface area contributed by atoms with Crippen molar-refractivity contribution in [1.82, 2.24) is 0 Å². The first-order chi connectivity index (χ1) is 34.2. The van der Waals surface area contributed by atoms with Gasteiger partial charge in [0.25, 0.3) is 0 Å². The maximum Gasteiger partial charge on any atom is 0.162 e. The van der Waals surface area contributed by atoms with E-state index >= 15 is 0 Å². The van der Waals surface area contributed by atoms with Crippen LogP contribution in [0.4, 0.5) is 0 Å². The Morgan fingerprint density at radius 3 is 0.657 bits per heavy atom. The molecule has 7 rings (SSSR count). The summed E-state index contributed by atoms with van der Waals surface area (Å²) in [6.45, 7) is 8.60. The van der Waals surface area contributed by atoms with Crippen LogP contribution in [0.5, 0.6) is 0 Å². The van der Waals surface area contributed by atoms with E-state index in [4.69, 9.17) is 0 Å². The zero-order chi connectivity index (χ0) is 49.2. The van der Waals surface area contributed by atoms with E-state index in [0.717, 1.165) is 166 Å². The van der Waals surface area contributed by atoms with Gasteiger partial charge in [0.15, 0.2) is 23.1 Å². The molecule has 0 aliphatic heterocycles. The number of rotatable bonds is 26. The van der Waals surface area contributed by atoms with E-state index in [9.17, 15) is 19.2 Å². The molecule has 0 aliphatic carbocycles. The molecule has 0 spiro atoms. The molecule has 0 unspecified atom stereocenters. The summed E-state index contributed by atoms with van der Waals surface area (Å²) < 4.78 is 0. The van der Waals surface area contributed by atoms with E-state index in [1.807, 2.05) is 48.5 Å². The van der Waals surface area contributed by atoms with Crippen LogP contribution < -0.4 is 0 Å². The fourth-order valence-corrected chi connectivity index (χ4v) is 9.55. The molecule has 0 bridgehead atoms. The summed E-state index contributed by atoms with van der Waals surface area (Å²) in [6, 6.07) is 53.8. The van der Waals surface area contributed by atoms with Gasteiger partial charge >= 0.3 is 0 Å². The molecule has 0 heterocycles. The molecule has 0 fully saturated rings. The molecule has 0 amide bonds. The van der Waals surface area contributed by atoms with Gasteiger partial charge in [-0.3, -0.25) is 19.2 Å². The standard InChI is InChI=1S/C66H70O4/c1-5-9-13-23-61(67)51-35-27-47(28-36-51)57-19-17-20-58(48-29-37-52(38-30-48)62(68)24-14-10-6-2)65(57)55-43-45-56(46-44-55)66-59(49-31-39-53(40-32-49)63(69)25-15-11-7-3)21-18-22-60(66)50-33-41-54(42-34-50)64(70)26-16-12-8-4/h17-22,27-46H,5-16,23-26H2,1-4H3. The number of benzene rings is 7. The zero-order valence-electron chi connectivity index (χ0n) is 42.0. The molecule has 7 aromatic carbocycles. The quantitative estimate of drug-likeness (QED) is 0.0401. The highest BCUT2D eigenvalue weighted by atomic mass is 16.1. The Kier molecular flexibility index (Phi) is 18.8. The van der Waals surface area contributed by atoms with E-state index < -0.39 is 0 Å². The summed E-state index contributed by atoms with van der Waals surface area (Å²) in [5.74, 6) is 0.693. The number of carbonyl (C=O) groups is 4. The molecule has 4 heteroatoms. The first-order valence-corrected chi connectivity index (χ1v) is 26.2. The van der Waals surface area contributed by atoms with E-state index in [1.54, 1.807) is 0 Å². The Bertz CT molecular complexity index is 2460. The summed E-state index contributed by atoms with van der Waals surface area (Å²) in [5, 5.41) is 0. The average molecular weight is 927 g/mol. The number of hydrogen-bond acceptors (Lipinski definition) is 4. The van der Waals surface area contributed by atoms with Gasteiger partial charge in [-0.15, -0.1) is 0 Å². The molecule has 0 aromatic heterocycles. The summed E-state index contributed by atoms with van der Waals surface area (Å²) in [7, 11) is 0. The van der Waals surface area contributed by atoms with Crippen LogP contribution in [0.3, 0.4) is 0 Å². The summed E-state index contributed by atoms with van der Waals surface area (Å²) >= 11 is 0. The second kappa shape index (κ2) is 25.7. The monoisotopic (exact) mass is 927 g/mol. The van der Waals surface area contributed by atoms with E-state index in [2.05, 4.69) is 137 Å². The van der Waals surface area contributed by atoms with Gasteiger partial charge in [0.1, 0.15) is 0 Å². The highest BCUT2D eigenvalue weighted by Crippen LogP contribution is 2.44. The Morgan fingerprint density at radius 2 is 0.457 bits per heavy atom. The van der Waals surface area contributed by atoms with Crippen molar-refractivity contribution < 1.29 is 19.2 Å². The summed E-state index contributed by atoms with van der Waals surface area (Å²) in [4.78, 5) is 52.6. The highest BCUT2D eigenvalue weighted by Gasteiger charge is 2.20. The van der Waals surface area contributed by atoms with Crippen LogP contribution in [0.2, 0.25) is 0 Å². The van der Waals surface area contributed by atoms with Crippen LogP contribution in [0, 0.1) is 0 Å². The van der Waals surface area contributed by atoms with E-state index in [-0.39, 0.29) is 23.1 Å². The first kappa shape index (κ1) is 51.1. The Labute approximate surface area is 417 Å². The van der Waals surface area contributed by atoms with Crippen molar-refractivity contribution in [2.75, 3.05) is 0 Å². The molecule has 0 saturated carbocycles. The third-order valence-electron chi connectivity index (χ3n) is 13.7. The highest BCUT2D eigenvalue weighted by molar-refractivity contribution is 6.02. The smallest absolute Gasteiger partial charge is 0.162 e. The lowest BCUT2D eigenvalue weighted by atomic mass is 9.84. The molecule has 70 heavy (non-hydrogen) atoms. The third kappa shape index (κ3) is 12.9. The normalized spacial score (nSPS) is 11.1. The molecule has 0 radical (unpaired) electrons. The third-order valence-corrected chi connectivity index (χ3v) is 13.7. The van der Waals surface area contributed by atoms with Crippen molar-refractivity contribution >= 4 is 23.1 Å². The van der Waals surface area contributed by atoms with E-state index in [1.165, 1.54) is 0 Å². The number of Topliss-reactive ketones (excluding diaryl/α,β-unsaturated/α-hetero) is 4. The lowest BCUT2D eigenvalue weighted by Gasteiger charge is -2.19. The zero-order valence-corrected chi connectivity index (χ0v) is 42.0. The van der Waals surface area contributed by atoms with Crippen molar-refractivity contribution in [3.05, 3.63) is 180 Å². The van der Waals surface area contributed by atoms with Gasteiger partial charge in [-0.1, -0.05) is 237 Å². The minimum absolute atomic E-state index is 0.173. The van der Waals surface area contributed by atoms with Gasteiger partial charge in [0.05, 0.1) is 0 Å². The van der Waals surface area contributed by atoms with Gasteiger partial charge in [-0.05, 0) is 92.4 Å². The minimum Gasteiger partial charge on any atom is -0.294 e. The maximum absolute atomic E-state index is 13.1. The lowest BCUT2D eigenvalue weighted by Crippen LogP contribution is -1.99. The Morgan fingerprint density at radius 1 is 0.257 bits per heavy atom. The number of unbranched alkanes of at least 4 members (excludes halogenated alkanes) is 8. The average Bonchev–Trinajstić information content (AvgIpc) is 3.41. The topological polar surface area (TPSA) is 68.3 Å². The molecule has 4 nitrogen and oxygen atoms in total. The van der Waals surface area contributed by atoms with Crippen LogP contribution in [0.25, 0.3) is 66.8 Å². The molecular weight excluding hydrogens is 857 g/mol. The predicted molar refractivity (Wildman–Crippen MR) is 293 cm³/mol. The SMILES string of the molecule is CCCCCC(=O)c1ccc(-c2cccc(-c3ccc(C(=O)CCCCC)cc3)c2-c2ccc(-c3c(-c4ccc(C(=O)CCCCC)cc4)cccc3-c3ccc(C(=O)CCCCC)cc3)cc2)cc1. The van der Waals surface area contributed by atoms with Crippen molar-refractivity contribution in [3.63, 3.8) is 0 Å². The molecular formula is C66H70O4. The molecule has 358 valence electrons. The maximum atomic E-state index is 13.1. The van der Waals surface area contributed by atoms with Crippen LogP contribution in [0.1, 0.15) is 172 Å². The van der Waals surface area contributed by atoms with Gasteiger partial charge in [0, 0.05) is 47.9 Å². The number of carbonyl (C=O) groups excluding carboxylic acids is 4. The number of hydrogen-bond donors (Lipinski definition) is 0. The lowest BCUT2D eigenvalue weighted by molar-refractivity contribution is 0.0971. The fraction of sp³-hybridized carbons (Fsp3) is 0.303. The Balaban J connectivity index is 1.32. The van der Waals surface area contributed by atoms with Crippen molar-refractivity contribution in [1.29, 1.82) is 0 Å². The first-order valence-electron chi connectivity index (χ1n) is 26.2.